The fraction of sp³-hybridized carbons (Fsp3) is 0.429. The predicted molar refractivity (Wildman–Crippen MR) is 89.2 cm³/mol. The summed E-state index contributed by atoms with van der Waals surface area (Å²) in [5.41, 5.74) is 1.43. The smallest absolute Gasteiger partial charge is 0.349 e. The normalized spacial score (nSPS) is 18.2. The van der Waals surface area contributed by atoms with Crippen LogP contribution in [0.15, 0.2) is 20.0 Å². The van der Waals surface area contributed by atoms with Crippen LogP contribution >= 0.6 is 23.1 Å². The number of carbonyl (C=O) groups excluding carboxylic acids is 2. The molecule has 10 heteroatoms. The third-order valence-corrected chi connectivity index (χ3v) is 5.20. The molecule has 2 aromatic rings. The van der Waals surface area contributed by atoms with Gasteiger partial charge in [0.2, 0.25) is 11.8 Å². The summed E-state index contributed by atoms with van der Waals surface area (Å²) in [5.74, 6) is 0.138. The van der Waals surface area contributed by atoms with Crippen molar-refractivity contribution in [3.05, 3.63) is 22.0 Å². The van der Waals surface area contributed by atoms with Crippen LogP contribution < -0.4 is 0 Å². The Morgan fingerprint density at radius 3 is 2.83 bits per heavy atom. The lowest BCUT2D eigenvalue weighted by Crippen LogP contribution is -2.44. The van der Waals surface area contributed by atoms with Gasteiger partial charge in [0, 0.05) is 30.3 Å². The average Bonchev–Trinajstić information content (AvgIpc) is 3.16. The van der Waals surface area contributed by atoms with E-state index in [4.69, 9.17) is 4.42 Å². The standard InChI is InChI=1S/C14H15N5O3S2/c1-7-10(12(20)19(3)13(21)15-7)4-11-17-18-14(22-11)24-6-9-5-23-8(2)16-9/h5,10H,4,6H2,1-3H3. The van der Waals surface area contributed by atoms with E-state index in [-0.39, 0.29) is 12.3 Å². The molecule has 126 valence electrons. The number of aliphatic imine (C=N–C) groups is 1. The minimum absolute atomic E-state index is 0.231. The van der Waals surface area contributed by atoms with E-state index in [0.717, 1.165) is 15.6 Å². The molecule has 3 heterocycles. The number of rotatable bonds is 5. The fourth-order valence-corrected chi connectivity index (χ4v) is 3.60. The number of carbonyl (C=O) groups is 2. The minimum Gasteiger partial charge on any atom is -0.416 e. The van der Waals surface area contributed by atoms with Gasteiger partial charge in [-0.2, -0.15) is 0 Å². The predicted octanol–water partition coefficient (Wildman–Crippen LogP) is 2.34. The largest absolute Gasteiger partial charge is 0.416 e. The maximum atomic E-state index is 12.2. The first kappa shape index (κ1) is 16.8. The second-order valence-electron chi connectivity index (χ2n) is 5.30. The SMILES string of the molecule is CC1=NC(=O)N(C)C(=O)C1Cc1nnc(SCc2csc(C)n2)o1. The summed E-state index contributed by atoms with van der Waals surface area (Å²) in [6, 6.07) is -0.547. The molecule has 0 aromatic carbocycles. The molecule has 3 amide bonds. The van der Waals surface area contributed by atoms with Crippen LogP contribution in [0, 0.1) is 12.8 Å². The van der Waals surface area contributed by atoms with Gasteiger partial charge < -0.3 is 4.42 Å². The van der Waals surface area contributed by atoms with Crippen LogP contribution in [-0.2, 0) is 17.0 Å². The molecule has 1 unspecified atom stereocenters. The molecule has 1 atom stereocenters. The highest BCUT2D eigenvalue weighted by Crippen LogP contribution is 2.24. The van der Waals surface area contributed by atoms with E-state index in [2.05, 4.69) is 20.2 Å². The Kier molecular flexibility index (Phi) is 4.76. The van der Waals surface area contributed by atoms with Gasteiger partial charge in [-0.15, -0.1) is 21.5 Å². The third kappa shape index (κ3) is 3.54. The van der Waals surface area contributed by atoms with Crippen molar-refractivity contribution in [2.75, 3.05) is 7.05 Å². The molecule has 0 radical (unpaired) electrons. The second-order valence-corrected chi connectivity index (χ2v) is 7.29. The molecule has 8 nitrogen and oxygen atoms in total. The number of amides is 3. The third-order valence-electron chi connectivity index (χ3n) is 3.53. The van der Waals surface area contributed by atoms with Crippen molar-refractivity contribution in [1.82, 2.24) is 20.1 Å². The van der Waals surface area contributed by atoms with E-state index in [1.165, 1.54) is 18.8 Å². The highest BCUT2D eigenvalue weighted by atomic mass is 32.2. The number of thioether (sulfide) groups is 1. The molecule has 0 saturated heterocycles. The van der Waals surface area contributed by atoms with Crippen molar-refractivity contribution in [2.24, 2.45) is 10.9 Å². The molecule has 0 bridgehead atoms. The maximum Gasteiger partial charge on any atom is 0.349 e. The van der Waals surface area contributed by atoms with Gasteiger partial charge >= 0.3 is 6.03 Å². The van der Waals surface area contributed by atoms with Gasteiger partial charge in [-0.25, -0.2) is 14.8 Å². The van der Waals surface area contributed by atoms with Crippen molar-refractivity contribution >= 4 is 40.7 Å². The first-order chi connectivity index (χ1) is 11.4. The van der Waals surface area contributed by atoms with Crippen LogP contribution in [0.1, 0.15) is 23.5 Å². The van der Waals surface area contributed by atoms with Crippen LogP contribution in [0.5, 0.6) is 0 Å². The summed E-state index contributed by atoms with van der Waals surface area (Å²) in [6.07, 6.45) is 0.231. The van der Waals surface area contributed by atoms with Crippen molar-refractivity contribution in [2.45, 2.75) is 31.2 Å². The highest BCUT2D eigenvalue weighted by molar-refractivity contribution is 7.98. The number of aromatic nitrogens is 3. The molecule has 3 rings (SSSR count). The number of imide groups is 1. The minimum atomic E-state index is -0.549. The number of hydrogen-bond donors (Lipinski definition) is 0. The van der Waals surface area contributed by atoms with Crippen molar-refractivity contribution in [3.63, 3.8) is 0 Å². The van der Waals surface area contributed by atoms with Gasteiger partial charge in [0.1, 0.15) is 0 Å². The molecule has 0 N–H and O–H groups in total. The number of nitrogens with zero attached hydrogens (tertiary/aromatic N) is 5. The van der Waals surface area contributed by atoms with Gasteiger partial charge in [0.15, 0.2) is 0 Å². The second kappa shape index (κ2) is 6.81. The molecule has 0 aliphatic carbocycles. The zero-order chi connectivity index (χ0) is 17.3. The molecular formula is C14H15N5O3S2. The molecule has 2 aromatic heterocycles. The maximum absolute atomic E-state index is 12.2. The summed E-state index contributed by atoms with van der Waals surface area (Å²) in [6.45, 7) is 3.61. The van der Waals surface area contributed by atoms with Gasteiger partial charge in [-0.3, -0.25) is 9.69 Å². The van der Waals surface area contributed by atoms with Gasteiger partial charge in [-0.1, -0.05) is 11.8 Å². The van der Waals surface area contributed by atoms with E-state index >= 15 is 0 Å². The fourth-order valence-electron chi connectivity index (χ4n) is 2.21. The van der Waals surface area contributed by atoms with Gasteiger partial charge in [0.25, 0.3) is 5.22 Å². The van der Waals surface area contributed by atoms with Crippen LogP contribution in [-0.4, -0.2) is 44.8 Å². The molecule has 0 fully saturated rings. The topological polar surface area (TPSA) is 102 Å². The number of urea groups is 1. The average molecular weight is 365 g/mol. The molecule has 24 heavy (non-hydrogen) atoms. The van der Waals surface area contributed by atoms with Crippen LogP contribution in [0.4, 0.5) is 4.79 Å². The van der Waals surface area contributed by atoms with E-state index in [9.17, 15) is 9.59 Å². The van der Waals surface area contributed by atoms with Gasteiger partial charge in [-0.05, 0) is 13.8 Å². The first-order valence-corrected chi connectivity index (χ1v) is 9.03. The lowest BCUT2D eigenvalue weighted by Gasteiger charge is -2.24. The van der Waals surface area contributed by atoms with Crippen molar-refractivity contribution < 1.29 is 14.0 Å². The van der Waals surface area contributed by atoms with Crippen LogP contribution in [0.2, 0.25) is 0 Å². The number of hydrogen-bond acceptors (Lipinski definition) is 8. The Morgan fingerprint density at radius 2 is 2.12 bits per heavy atom. The number of aryl methyl sites for hydroxylation is 1. The van der Waals surface area contributed by atoms with E-state index in [1.807, 2.05) is 12.3 Å². The molecule has 1 aliphatic rings. The lowest BCUT2D eigenvalue weighted by molar-refractivity contribution is -0.129. The zero-order valence-electron chi connectivity index (χ0n) is 13.3. The van der Waals surface area contributed by atoms with E-state index in [0.29, 0.717) is 22.6 Å². The molecule has 0 spiro atoms. The Bertz CT molecular complexity index is 813. The highest BCUT2D eigenvalue weighted by Gasteiger charge is 2.34. The quantitative estimate of drug-likeness (QED) is 0.749. The molecule has 1 aliphatic heterocycles. The van der Waals surface area contributed by atoms with E-state index in [1.54, 1.807) is 18.3 Å². The van der Waals surface area contributed by atoms with Crippen LogP contribution in [0.25, 0.3) is 0 Å². The lowest BCUT2D eigenvalue weighted by atomic mass is 9.97. The Labute approximate surface area is 146 Å². The monoisotopic (exact) mass is 365 g/mol. The Hall–Kier alpha value is -2.07. The summed E-state index contributed by atoms with van der Waals surface area (Å²) < 4.78 is 5.58. The zero-order valence-corrected chi connectivity index (χ0v) is 15.0. The summed E-state index contributed by atoms with van der Waals surface area (Å²) in [4.78, 5) is 32.9. The summed E-state index contributed by atoms with van der Waals surface area (Å²) >= 11 is 2.99. The summed E-state index contributed by atoms with van der Waals surface area (Å²) in [5, 5.41) is 11.4. The summed E-state index contributed by atoms with van der Waals surface area (Å²) in [7, 11) is 1.42. The first-order valence-electron chi connectivity index (χ1n) is 7.17. The van der Waals surface area contributed by atoms with Crippen LogP contribution in [0.3, 0.4) is 0 Å². The Balaban J connectivity index is 1.64. The van der Waals surface area contributed by atoms with E-state index < -0.39 is 11.9 Å². The Morgan fingerprint density at radius 1 is 1.33 bits per heavy atom. The molecular weight excluding hydrogens is 350 g/mol. The van der Waals surface area contributed by atoms with Gasteiger partial charge in [0.05, 0.1) is 16.6 Å². The number of thiazole rings is 1. The van der Waals surface area contributed by atoms with Crippen molar-refractivity contribution in [1.29, 1.82) is 0 Å². The van der Waals surface area contributed by atoms with Crippen molar-refractivity contribution in [3.8, 4) is 0 Å². The molecule has 0 saturated carbocycles.